The minimum Gasteiger partial charge on any atom is -0.496 e. The SMILES string of the molecule is COc1ccc(C(C)C)cc1C(=O)N1CCCN(C(=O)C(C)(C)C)CC1. The molecule has 1 heterocycles. The summed E-state index contributed by atoms with van der Waals surface area (Å²) in [5.74, 6) is 1.07. The van der Waals surface area contributed by atoms with Crippen LogP contribution in [0.5, 0.6) is 5.75 Å². The van der Waals surface area contributed by atoms with Crippen molar-refractivity contribution in [3.05, 3.63) is 29.3 Å². The molecule has 5 nitrogen and oxygen atoms in total. The summed E-state index contributed by atoms with van der Waals surface area (Å²) >= 11 is 0. The quantitative estimate of drug-likeness (QED) is 0.828. The van der Waals surface area contributed by atoms with E-state index < -0.39 is 5.41 Å². The number of benzene rings is 1. The van der Waals surface area contributed by atoms with Gasteiger partial charge in [-0.1, -0.05) is 40.7 Å². The van der Waals surface area contributed by atoms with E-state index in [1.54, 1.807) is 7.11 Å². The van der Waals surface area contributed by atoms with E-state index >= 15 is 0 Å². The van der Waals surface area contributed by atoms with Crippen LogP contribution < -0.4 is 4.74 Å². The van der Waals surface area contributed by atoms with Crippen LogP contribution in [0.1, 0.15) is 62.9 Å². The lowest BCUT2D eigenvalue weighted by atomic mass is 9.94. The molecule has 0 spiro atoms. The Balaban J connectivity index is 2.18. The molecule has 1 aromatic rings. The third-order valence-corrected chi connectivity index (χ3v) is 4.83. The standard InChI is InChI=1S/C21H32N2O3/c1-15(2)16-8-9-18(26-6)17(14-16)19(24)22-10-7-11-23(13-12-22)20(25)21(3,4)5/h8-9,14-15H,7,10-13H2,1-6H3. The maximum Gasteiger partial charge on any atom is 0.257 e. The van der Waals surface area contributed by atoms with Crippen molar-refractivity contribution in [2.75, 3.05) is 33.3 Å². The highest BCUT2D eigenvalue weighted by atomic mass is 16.5. The van der Waals surface area contributed by atoms with Gasteiger partial charge in [-0.3, -0.25) is 9.59 Å². The van der Waals surface area contributed by atoms with Gasteiger partial charge in [-0.2, -0.15) is 0 Å². The molecule has 2 rings (SSSR count). The van der Waals surface area contributed by atoms with E-state index in [1.807, 2.05) is 48.8 Å². The third-order valence-electron chi connectivity index (χ3n) is 4.83. The number of amides is 2. The van der Waals surface area contributed by atoms with E-state index in [2.05, 4.69) is 13.8 Å². The lowest BCUT2D eigenvalue weighted by Crippen LogP contribution is -2.42. The van der Waals surface area contributed by atoms with Crippen molar-refractivity contribution < 1.29 is 14.3 Å². The van der Waals surface area contributed by atoms with Gasteiger partial charge in [-0.05, 0) is 30.0 Å². The van der Waals surface area contributed by atoms with Gasteiger partial charge in [0.15, 0.2) is 0 Å². The largest absolute Gasteiger partial charge is 0.496 e. The van der Waals surface area contributed by atoms with Gasteiger partial charge in [0.05, 0.1) is 12.7 Å². The number of methoxy groups -OCH3 is 1. The second-order valence-electron chi connectivity index (χ2n) is 8.30. The lowest BCUT2D eigenvalue weighted by Gasteiger charge is -2.28. The molecule has 5 heteroatoms. The van der Waals surface area contributed by atoms with Crippen molar-refractivity contribution in [3.8, 4) is 5.75 Å². The zero-order valence-electron chi connectivity index (χ0n) is 17.0. The summed E-state index contributed by atoms with van der Waals surface area (Å²) in [5, 5.41) is 0. The van der Waals surface area contributed by atoms with Crippen molar-refractivity contribution in [3.63, 3.8) is 0 Å². The van der Waals surface area contributed by atoms with Crippen LogP contribution in [-0.2, 0) is 4.79 Å². The average Bonchev–Trinajstić information content (AvgIpc) is 2.85. The Hall–Kier alpha value is -2.04. The minimum absolute atomic E-state index is 0.0191. The summed E-state index contributed by atoms with van der Waals surface area (Å²) in [6.45, 7) is 12.5. The number of carbonyl (C=O) groups is 2. The Morgan fingerprint density at radius 1 is 1.04 bits per heavy atom. The molecule has 0 radical (unpaired) electrons. The van der Waals surface area contributed by atoms with Gasteiger partial charge in [-0.25, -0.2) is 0 Å². The van der Waals surface area contributed by atoms with Gasteiger partial charge in [0, 0.05) is 31.6 Å². The van der Waals surface area contributed by atoms with Crippen LogP contribution in [0.4, 0.5) is 0 Å². The van der Waals surface area contributed by atoms with E-state index in [4.69, 9.17) is 4.74 Å². The summed E-state index contributed by atoms with van der Waals surface area (Å²) in [6, 6.07) is 5.82. The molecule has 1 aliphatic heterocycles. The summed E-state index contributed by atoms with van der Waals surface area (Å²) in [6.07, 6.45) is 0.791. The second-order valence-corrected chi connectivity index (χ2v) is 8.30. The minimum atomic E-state index is -0.395. The van der Waals surface area contributed by atoms with E-state index in [0.717, 1.165) is 12.0 Å². The van der Waals surface area contributed by atoms with Crippen LogP contribution in [0.2, 0.25) is 0 Å². The van der Waals surface area contributed by atoms with E-state index in [0.29, 0.717) is 43.4 Å². The van der Waals surface area contributed by atoms with Crippen LogP contribution in [0, 0.1) is 5.41 Å². The Morgan fingerprint density at radius 3 is 2.23 bits per heavy atom. The van der Waals surface area contributed by atoms with Crippen molar-refractivity contribution in [2.24, 2.45) is 5.41 Å². The Labute approximate surface area is 157 Å². The predicted molar refractivity (Wildman–Crippen MR) is 104 cm³/mol. The molecule has 0 bridgehead atoms. The molecule has 0 aromatic heterocycles. The highest BCUT2D eigenvalue weighted by Crippen LogP contribution is 2.26. The van der Waals surface area contributed by atoms with Crippen molar-refractivity contribution in [2.45, 2.75) is 47.0 Å². The fraction of sp³-hybridized carbons (Fsp3) is 0.619. The molecular weight excluding hydrogens is 328 g/mol. The van der Waals surface area contributed by atoms with Gasteiger partial charge in [0.1, 0.15) is 5.75 Å². The molecule has 0 N–H and O–H groups in total. The highest BCUT2D eigenvalue weighted by Gasteiger charge is 2.30. The molecule has 1 fully saturated rings. The number of carbonyl (C=O) groups excluding carboxylic acids is 2. The molecule has 0 saturated carbocycles. The van der Waals surface area contributed by atoms with E-state index in [-0.39, 0.29) is 11.8 Å². The van der Waals surface area contributed by atoms with Gasteiger partial charge >= 0.3 is 0 Å². The molecule has 0 unspecified atom stereocenters. The third kappa shape index (κ3) is 4.57. The number of hydrogen-bond acceptors (Lipinski definition) is 3. The van der Waals surface area contributed by atoms with Crippen molar-refractivity contribution in [1.29, 1.82) is 0 Å². The fourth-order valence-electron chi connectivity index (χ4n) is 3.22. The molecule has 144 valence electrons. The second kappa shape index (κ2) is 8.11. The van der Waals surface area contributed by atoms with Crippen LogP contribution >= 0.6 is 0 Å². The monoisotopic (exact) mass is 360 g/mol. The summed E-state index contributed by atoms with van der Waals surface area (Å²) in [5.41, 5.74) is 1.33. The zero-order valence-corrected chi connectivity index (χ0v) is 17.0. The fourth-order valence-corrected chi connectivity index (χ4v) is 3.22. The first-order valence-electron chi connectivity index (χ1n) is 9.41. The molecular formula is C21H32N2O3. The van der Waals surface area contributed by atoms with Crippen LogP contribution in [0.15, 0.2) is 18.2 Å². The Kier molecular flexibility index (Phi) is 6.32. The smallest absolute Gasteiger partial charge is 0.257 e. The summed E-state index contributed by atoms with van der Waals surface area (Å²) in [7, 11) is 1.59. The Morgan fingerprint density at radius 2 is 1.65 bits per heavy atom. The number of hydrogen-bond donors (Lipinski definition) is 0. The maximum absolute atomic E-state index is 13.1. The van der Waals surface area contributed by atoms with Gasteiger partial charge in [-0.15, -0.1) is 0 Å². The number of ether oxygens (including phenoxy) is 1. The summed E-state index contributed by atoms with van der Waals surface area (Å²) in [4.78, 5) is 29.4. The van der Waals surface area contributed by atoms with Crippen LogP contribution in [-0.4, -0.2) is 54.9 Å². The topological polar surface area (TPSA) is 49.9 Å². The van der Waals surface area contributed by atoms with Crippen LogP contribution in [0.3, 0.4) is 0 Å². The first kappa shape index (κ1) is 20.3. The predicted octanol–water partition coefficient (Wildman–Crippen LogP) is 3.54. The molecule has 0 aliphatic carbocycles. The number of rotatable bonds is 3. The molecule has 1 aromatic carbocycles. The average molecular weight is 360 g/mol. The Bertz CT molecular complexity index is 662. The highest BCUT2D eigenvalue weighted by molar-refractivity contribution is 5.97. The van der Waals surface area contributed by atoms with Gasteiger partial charge in [0.2, 0.25) is 5.91 Å². The summed E-state index contributed by atoms with van der Waals surface area (Å²) < 4.78 is 5.42. The van der Waals surface area contributed by atoms with Crippen molar-refractivity contribution in [1.82, 2.24) is 9.80 Å². The van der Waals surface area contributed by atoms with Gasteiger partial charge in [0.25, 0.3) is 5.91 Å². The number of nitrogens with zero attached hydrogens (tertiary/aromatic N) is 2. The van der Waals surface area contributed by atoms with Gasteiger partial charge < -0.3 is 14.5 Å². The normalized spacial score (nSPS) is 15.8. The molecule has 0 atom stereocenters. The van der Waals surface area contributed by atoms with Crippen molar-refractivity contribution >= 4 is 11.8 Å². The van der Waals surface area contributed by atoms with Crippen LogP contribution in [0.25, 0.3) is 0 Å². The van der Waals surface area contributed by atoms with E-state index in [1.165, 1.54) is 0 Å². The molecule has 1 saturated heterocycles. The van der Waals surface area contributed by atoms with E-state index in [9.17, 15) is 9.59 Å². The lowest BCUT2D eigenvalue weighted by molar-refractivity contribution is -0.139. The zero-order chi connectivity index (χ0) is 19.5. The molecule has 2 amide bonds. The first-order chi connectivity index (χ1) is 12.1. The first-order valence-corrected chi connectivity index (χ1v) is 9.41. The maximum atomic E-state index is 13.1. The molecule has 1 aliphatic rings. The molecule has 26 heavy (non-hydrogen) atoms.